The lowest BCUT2D eigenvalue weighted by Crippen LogP contribution is -2.35. The zero-order valence-electron chi connectivity index (χ0n) is 19.1. The molecule has 2 heteroatoms. The molecule has 2 nitrogen and oxygen atoms in total. The second-order valence-corrected chi connectivity index (χ2v) is 10.8. The first kappa shape index (κ1) is 20.9. The van der Waals surface area contributed by atoms with Crippen LogP contribution in [-0.2, 0) is 4.79 Å². The molecule has 2 aliphatic carbocycles. The Labute approximate surface area is 181 Å². The number of Topliss-reactive ketones (excluding diaryl/α,β-unsaturated/α-hetero) is 1. The van der Waals surface area contributed by atoms with Gasteiger partial charge in [-0.3, -0.25) is 4.79 Å². The molecule has 0 bridgehead atoms. The van der Waals surface area contributed by atoms with E-state index in [4.69, 9.17) is 0 Å². The van der Waals surface area contributed by atoms with Crippen LogP contribution in [0.25, 0.3) is 0 Å². The lowest BCUT2D eigenvalue weighted by Gasteiger charge is -2.38. The van der Waals surface area contributed by atoms with Crippen LogP contribution in [-0.4, -0.2) is 5.78 Å². The van der Waals surface area contributed by atoms with Crippen LogP contribution in [0.5, 0.6) is 0 Å². The molecule has 0 spiro atoms. The number of ketones is 1. The van der Waals surface area contributed by atoms with E-state index in [9.17, 15) is 4.79 Å². The minimum Gasteiger partial charge on any atom is -0.359 e. The van der Waals surface area contributed by atoms with E-state index in [-0.39, 0.29) is 22.5 Å². The van der Waals surface area contributed by atoms with Crippen LogP contribution in [0.3, 0.4) is 0 Å². The number of hydrogen-bond donors (Lipinski definition) is 1. The number of benzene rings is 1. The highest BCUT2D eigenvalue weighted by molar-refractivity contribution is 5.99. The molecule has 2 unspecified atom stereocenters. The van der Waals surface area contributed by atoms with Gasteiger partial charge in [-0.1, -0.05) is 75.8 Å². The molecular weight excluding hydrogens is 366 g/mol. The van der Waals surface area contributed by atoms with Gasteiger partial charge in [-0.25, -0.2) is 0 Å². The summed E-state index contributed by atoms with van der Waals surface area (Å²) in [6, 6.07) is 10.5. The number of carbonyl (C=O) groups is 1. The molecule has 0 amide bonds. The van der Waals surface area contributed by atoms with Crippen LogP contribution in [0.1, 0.15) is 71.8 Å². The zero-order chi connectivity index (χ0) is 21.5. The monoisotopic (exact) mass is 401 g/mol. The van der Waals surface area contributed by atoms with Gasteiger partial charge in [0, 0.05) is 35.2 Å². The van der Waals surface area contributed by atoms with Gasteiger partial charge in [-0.2, -0.15) is 0 Å². The quantitative estimate of drug-likeness (QED) is 0.562. The molecule has 30 heavy (non-hydrogen) atoms. The first-order chi connectivity index (χ1) is 14.2. The Morgan fingerprint density at radius 3 is 2.50 bits per heavy atom. The minimum atomic E-state index is 0.000998. The van der Waals surface area contributed by atoms with Gasteiger partial charge in [0.15, 0.2) is 5.78 Å². The van der Waals surface area contributed by atoms with E-state index in [1.807, 2.05) is 6.07 Å². The molecule has 1 aliphatic heterocycles. The van der Waals surface area contributed by atoms with E-state index in [0.717, 1.165) is 23.4 Å². The Bertz CT molecular complexity index is 956. The Morgan fingerprint density at radius 2 is 1.80 bits per heavy atom. The smallest absolute Gasteiger partial charge is 0.162 e. The SMILES string of the molecule is CC1=CCCC(C)(C)C1/C=C/C1=CC(c2ccccc2)C2=C(CC(C)(C)CC2=O)N1. The third-order valence-corrected chi connectivity index (χ3v) is 7.09. The molecule has 0 aromatic heterocycles. The fraction of sp³-hybridized carbons (Fsp3) is 0.464. The zero-order valence-corrected chi connectivity index (χ0v) is 19.1. The molecule has 0 radical (unpaired) electrons. The van der Waals surface area contributed by atoms with E-state index in [1.165, 1.54) is 24.0 Å². The van der Waals surface area contributed by atoms with Crippen molar-refractivity contribution in [2.45, 2.75) is 66.2 Å². The van der Waals surface area contributed by atoms with Crippen LogP contribution in [0.15, 0.2) is 77.2 Å². The third-order valence-electron chi connectivity index (χ3n) is 7.09. The Kier molecular flexibility index (Phi) is 5.38. The molecule has 1 heterocycles. The van der Waals surface area contributed by atoms with Crippen molar-refractivity contribution in [2.24, 2.45) is 16.7 Å². The molecule has 1 N–H and O–H groups in total. The van der Waals surface area contributed by atoms with Gasteiger partial charge in [-0.15, -0.1) is 0 Å². The Balaban J connectivity index is 1.71. The van der Waals surface area contributed by atoms with E-state index in [0.29, 0.717) is 12.3 Å². The first-order valence-electron chi connectivity index (χ1n) is 11.3. The molecule has 3 aliphatic rings. The van der Waals surface area contributed by atoms with Gasteiger partial charge >= 0.3 is 0 Å². The molecule has 4 rings (SSSR count). The van der Waals surface area contributed by atoms with Crippen LogP contribution in [0, 0.1) is 16.7 Å². The van der Waals surface area contributed by atoms with Crippen LogP contribution in [0.4, 0.5) is 0 Å². The Morgan fingerprint density at radius 1 is 1.07 bits per heavy atom. The number of nitrogens with one attached hydrogen (secondary N) is 1. The van der Waals surface area contributed by atoms with Crippen molar-refractivity contribution < 1.29 is 4.79 Å². The van der Waals surface area contributed by atoms with E-state index in [2.05, 4.69) is 88.5 Å². The van der Waals surface area contributed by atoms with Crippen molar-refractivity contribution in [1.82, 2.24) is 5.32 Å². The molecule has 1 aromatic carbocycles. The summed E-state index contributed by atoms with van der Waals surface area (Å²) in [5, 5.41) is 3.64. The number of hydrogen-bond acceptors (Lipinski definition) is 2. The van der Waals surface area contributed by atoms with Crippen LogP contribution < -0.4 is 5.32 Å². The largest absolute Gasteiger partial charge is 0.359 e. The summed E-state index contributed by atoms with van der Waals surface area (Å²) in [6.45, 7) is 11.4. The fourth-order valence-corrected chi connectivity index (χ4v) is 5.49. The number of carbonyl (C=O) groups excluding carboxylic acids is 1. The predicted molar refractivity (Wildman–Crippen MR) is 125 cm³/mol. The summed E-state index contributed by atoms with van der Waals surface area (Å²) < 4.78 is 0. The van der Waals surface area contributed by atoms with Crippen molar-refractivity contribution in [2.75, 3.05) is 0 Å². The molecule has 158 valence electrons. The first-order valence-corrected chi connectivity index (χ1v) is 11.3. The van der Waals surface area contributed by atoms with Crippen molar-refractivity contribution in [1.29, 1.82) is 0 Å². The number of dihydropyridines is 1. The maximum atomic E-state index is 13.1. The highest BCUT2D eigenvalue weighted by Crippen LogP contribution is 2.45. The van der Waals surface area contributed by atoms with Crippen molar-refractivity contribution in [3.63, 3.8) is 0 Å². The summed E-state index contributed by atoms with van der Waals surface area (Å²) in [6.07, 6.45) is 13.2. The van der Waals surface area contributed by atoms with E-state index in [1.54, 1.807) is 0 Å². The highest BCUT2D eigenvalue weighted by atomic mass is 16.1. The van der Waals surface area contributed by atoms with Crippen LogP contribution in [0.2, 0.25) is 0 Å². The molecular formula is C28H35NO. The summed E-state index contributed by atoms with van der Waals surface area (Å²) >= 11 is 0. The minimum absolute atomic E-state index is 0.000998. The molecule has 2 atom stereocenters. The summed E-state index contributed by atoms with van der Waals surface area (Å²) in [4.78, 5) is 13.1. The van der Waals surface area contributed by atoms with Crippen molar-refractivity contribution in [3.05, 3.63) is 82.7 Å². The van der Waals surface area contributed by atoms with Crippen molar-refractivity contribution >= 4 is 5.78 Å². The van der Waals surface area contributed by atoms with Gasteiger partial charge in [0.25, 0.3) is 0 Å². The maximum Gasteiger partial charge on any atom is 0.162 e. The van der Waals surface area contributed by atoms with Crippen LogP contribution >= 0.6 is 0 Å². The van der Waals surface area contributed by atoms with E-state index >= 15 is 0 Å². The maximum absolute atomic E-state index is 13.1. The molecule has 0 fully saturated rings. The fourth-order valence-electron chi connectivity index (χ4n) is 5.49. The predicted octanol–water partition coefficient (Wildman–Crippen LogP) is 6.84. The average molecular weight is 402 g/mol. The molecule has 0 saturated heterocycles. The van der Waals surface area contributed by atoms with Gasteiger partial charge in [0.1, 0.15) is 0 Å². The molecule has 0 saturated carbocycles. The summed E-state index contributed by atoms with van der Waals surface area (Å²) in [5.41, 5.74) is 6.13. The lowest BCUT2D eigenvalue weighted by atomic mass is 9.68. The average Bonchev–Trinajstić information content (AvgIpc) is 2.66. The van der Waals surface area contributed by atoms with Gasteiger partial charge in [0.05, 0.1) is 0 Å². The van der Waals surface area contributed by atoms with Gasteiger partial charge < -0.3 is 5.32 Å². The summed E-state index contributed by atoms with van der Waals surface area (Å²) in [7, 11) is 0. The number of rotatable bonds is 3. The highest BCUT2D eigenvalue weighted by Gasteiger charge is 2.38. The molecule has 1 aromatic rings. The summed E-state index contributed by atoms with van der Waals surface area (Å²) in [5.74, 6) is 0.764. The van der Waals surface area contributed by atoms with Gasteiger partial charge in [-0.05, 0) is 54.7 Å². The van der Waals surface area contributed by atoms with Gasteiger partial charge in [0.2, 0.25) is 0 Å². The second kappa shape index (κ2) is 7.72. The standard InChI is InChI=1S/C28H35NO/c1-19-10-9-15-28(4,5)23(19)14-13-21-16-22(20-11-7-6-8-12-20)26-24(29-21)17-27(2,3)18-25(26)30/h6-8,10-14,16,22-23,29H,9,15,17-18H2,1-5H3/b14-13+. The van der Waals surface area contributed by atoms with E-state index < -0.39 is 0 Å². The van der Waals surface area contributed by atoms with Crippen molar-refractivity contribution in [3.8, 4) is 0 Å². The normalized spacial score (nSPS) is 28.0. The third kappa shape index (κ3) is 4.10. The second-order valence-electron chi connectivity index (χ2n) is 10.8. The lowest BCUT2D eigenvalue weighted by molar-refractivity contribution is -0.118. The topological polar surface area (TPSA) is 29.1 Å². The number of allylic oxidation sites excluding steroid dienone is 7. The Hall–Kier alpha value is -2.35.